The molecule has 0 bridgehead atoms. The first kappa shape index (κ1) is 17.1. The molecule has 2 rings (SSSR count). The number of amides is 2. The van der Waals surface area contributed by atoms with Crippen molar-refractivity contribution in [2.75, 3.05) is 0 Å². The van der Waals surface area contributed by atoms with Crippen LogP contribution in [0.1, 0.15) is 5.56 Å². The fourth-order valence-corrected chi connectivity index (χ4v) is 2.53. The van der Waals surface area contributed by atoms with Crippen molar-refractivity contribution >= 4 is 21.9 Å². The molecule has 0 spiro atoms. The molecule has 0 saturated carbocycles. The first-order chi connectivity index (χ1) is 8.88. The van der Waals surface area contributed by atoms with Gasteiger partial charge in [0.1, 0.15) is 21.5 Å². The zero-order valence-electron chi connectivity index (χ0n) is 10.7. The van der Waals surface area contributed by atoms with E-state index in [1.807, 2.05) is 5.32 Å². The molecule has 20 heavy (non-hydrogen) atoms. The molecule has 1 aliphatic heterocycles. The molecule has 2 N–H and O–H groups in total. The number of β-lactam (4-membered cyclic amide) rings is 1. The Kier molecular flexibility index (Phi) is 5.72. The van der Waals surface area contributed by atoms with E-state index in [1.54, 1.807) is 30.3 Å². The Morgan fingerprint density at radius 2 is 1.90 bits per heavy atom. The molecule has 9 heteroatoms. The zero-order valence-corrected chi connectivity index (χ0v) is 13.5. The molecule has 2 atom stereocenters. The van der Waals surface area contributed by atoms with Crippen LogP contribution in [-0.2, 0) is 26.1 Å². The van der Waals surface area contributed by atoms with Crippen LogP contribution >= 0.6 is 0 Å². The van der Waals surface area contributed by atoms with Crippen LogP contribution in [0, 0.1) is 0 Å². The fraction of sp³-hybridized carbons (Fsp3) is 0.273. The van der Waals surface area contributed by atoms with Crippen LogP contribution in [0.15, 0.2) is 30.3 Å². The monoisotopic (exact) mass is 306 g/mol. The van der Waals surface area contributed by atoms with Gasteiger partial charge < -0.3 is 15.2 Å². The van der Waals surface area contributed by atoms with Crippen LogP contribution in [0.3, 0.4) is 0 Å². The van der Waals surface area contributed by atoms with Crippen molar-refractivity contribution in [2.45, 2.75) is 17.8 Å². The molecule has 1 fully saturated rings. The van der Waals surface area contributed by atoms with Gasteiger partial charge in [-0.15, -0.1) is 0 Å². The van der Waals surface area contributed by atoms with Gasteiger partial charge in [-0.1, -0.05) is 30.3 Å². The Balaban J connectivity index is 0.00000200. The first-order valence-corrected chi connectivity index (χ1v) is 6.93. The van der Waals surface area contributed by atoms with Crippen LogP contribution in [-0.4, -0.2) is 36.2 Å². The van der Waals surface area contributed by atoms with Gasteiger partial charge in [-0.25, -0.2) is 8.42 Å². The van der Waals surface area contributed by atoms with Gasteiger partial charge in [-0.2, -0.15) is 0 Å². The summed E-state index contributed by atoms with van der Waals surface area (Å²) >= 11 is 0. The largest absolute Gasteiger partial charge is 1.00 e. The van der Waals surface area contributed by atoms with Crippen molar-refractivity contribution in [1.29, 1.82) is 0 Å². The predicted molar refractivity (Wildman–Crippen MR) is 63.7 cm³/mol. The van der Waals surface area contributed by atoms with Gasteiger partial charge in [0.15, 0.2) is 0 Å². The van der Waals surface area contributed by atoms with Gasteiger partial charge in [-0.05, 0) is 5.56 Å². The maximum absolute atomic E-state index is 11.6. The number of nitrogens with one attached hydrogen (secondary N) is 2. The average molecular weight is 306 g/mol. The second kappa shape index (κ2) is 6.68. The van der Waals surface area contributed by atoms with Gasteiger partial charge >= 0.3 is 29.6 Å². The Morgan fingerprint density at radius 1 is 1.30 bits per heavy atom. The number of hydrogen-bond acceptors (Lipinski definition) is 5. The topological polar surface area (TPSA) is 115 Å². The molecular weight excluding hydrogens is 295 g/mol. The van der Waals surface area contributed by atoms with Crippen LogP contribution in [0.4, 0.5) is 0 Å². The number of rotatable bonds is 4. The molecule has 2 amide bonds. The van der Waals surface area contributed by atoms with E-state index < -0.39 is 33.3 Å². The summed E-state index contributed by atoms with van der Waals surface area (Å²) in [7, 11) is -4.66. The zero-order chi connectivity index (χ0) is 14.0. The van der Waals surface area contributed by atoms with E-state index in [4.69, 9.17) is 0 Å². The van der Waals surface area contributed by atoms with Crippen LogP contribution in [0.2, 0.25) is 0 Å². The average Bonchev–Trinajstić information content (AvgIpc) is 2.33. The van der Waals surface area contributed by atoms with Crippen molar-refractivity contribution in [2.24, 2.45) is 0 Å². The van der Waals surface area contributed by atoms with Crippen molar-refractivity contribution in [3.05, 3.63) is 35.9 Å². The Labute approximate surface area is 138 Å². The van der Waals surface area contributed by atoms with Crippen LogP contribution in [0.25, 0.3) is 0 Å². The minimum absolute atomic E-state index is 0. The minimum Gasteiger partial charge on any atom is -0.746 e. The van der Waals surface area contributed by atoms with Crippen LogP contribution < -0.4 is 40.2 Å². The molecule has 2 unspecified atom stereocenters. The van der Waals surface area contributed by atoms with E-state index >= 15 is 0 Å². The van der Waals surface area contributed by atoms with E-state index in [1.165, 1.54) is 0 Å². The summed E-state index contributed by atoms with van der Waals surface area (Å²) in [5, 5.41) is 2.61. The van der Waals surface area contributed by atoms with Gasteiger partial charge in [0, 0.05) is 0 Å². The molecule has 1 aromatic carbocycles. The molecule has 0 aromatic heterocycles. The summed E-state index contributed by atoms with van der Waals surface area (Å²) in [4.78, 5) is 22.8. The summed E-state index contributed by atoms with van der Waals surface area (Å²) in [6, 6.07) is 7.44. The first-order valence-electron chi connectivity index (χ1n) is 5.46. The van der Waals surface area contributed by atoms with Gasteiger partial charge in [0.25, 0.3) is 0 Å². The Hall–Kier alpha value is -0.930. The van der Waals surface area contributed by atoms with E-state index in [0.717, 1.165) is 5.56 Å². The summed E-state index contributed by atoms with van der Waals surface area (Å²) in [6.07, 6.45) is 0.0102. The second-order valence-electron chi connectivity index (χ2n) is 4.13. The third kappa shape index (κ3) is 4.03. The molecule has 1 saturated heterocycles. The van der Waals surface area contributed by atoms with E-state index in [0.29, 0.717) is 0 Å². The van der Waals surface area contributed by atoms with Crippen LogP contribution in [0.5, 0.6) is 0 Å². The van der Waals surface area contributed by atoms with Gasteiger partial charge in [-0.3, -0.25) is 9.59 Å². The summed E-state index contributed by atoms with van der Waals surface area (Å²) in [6.45, 7) is 0. The van der Waals surface area contributed by atoms with Gasteiger partial charge in [0.2, 0.25) is 11.8 Å². The third-order valence-corrected chi connectivity index (χ3v) is 3.72. The normalized spacial score (nSPS) is 21.1. The molecule has 7 nitrogen and oxygen atoms in total. The standard InChI is InChI=1S/C11H12N2O5S.Na/c14-8(6-7-4-2-1-3-5-7)12-9-10(15)13-11(9)19(16,17)18;/h1-5,9,11H,6H2,(H,12,14)(H,13,15)(H,16,17,18);/q;+1/p-1. The molecule has 0 radical (unpaired) electrons. The van der Waals surface area contributed by atoms with Crippen molar-refractivity contribution in [3.63, 3.8) is 0 Å². The summed E-state index contributed by atoms with van der Waals surface area (Å²) < 4.78 is 32.4. The second-order valence-corrected chi connectivity index (χ2v) is 5.62. The Bertz CT molecular complexity index is 604. The number of hydrogen-bond donors (Lipinski definition) is 2. The molecule has 1 heterocycles. The number of carbonyl (C=O) groups excluding carboxylic acids is 2. The minimum atomic E-state index is -4.66. The van der Waals surface area contributed by atoms with E-state index in [9.17, 15) is 22.6 Å². The molecule has 102 valence electrons. The summed E-state index contributed by atoms with van der Waals surface area (Å²) in [5.74, 6) is -1.19. The fourth-order valence-electron chi connectivity index (χ4n) is 1.74. The van der Waals surface area contributed by atoms with Crippen molar-refractivity contribution < 1.29 is 52.1 Å². The number of benzene rings is 1. The van der Waals surface area contributed by atoms with Crippen molar-refractivity contribution in [3.8, 4) is 0 Å². The smallest absolute Gasteiger partial charge is 0.746 e. The summed E-state index contributed by atoms with van der Waals surface area (Å²) in [5.41, 5.74) is 0.723. The van der Waals surface area contributed by atoms with E-state index in [-0.39, 0.29) is 36.0 Å². The quantitative estimate of drug-likeness (QED) is 0.332. The molecule has 0 aliphatic carbocycles. The predicted octanol–water partition coefficient (Wildman–Crippen LogP) is -4.28. The SMILES string of the molecule is O=C(Cc1ccccc1)NC1C(=O)NC1S(=O)(=O)[O-].[Na+]. The van der Waals surface area contributed by atoms with E-state index in [2.05, 4.69) is 5.32 Å². The maximum atomic E-state index is 11.6. The molecule has 1 aromatic rings. The third-order valence-electron chi connectivity index (χ3n) is 2.70. The van der Waals surface area contributed by atoms with Gasteiger partial charge in [0.05, 0.1) is 6.42 Å². The van der Waals surface area contributed by atoms with Crippen molar-refractivity contribution in [1.82, 2.24) is 10.6 Å². The number of carbonyl (C=O) groups is 2. The molecular formula is C11H11N2NaO5S. The molecule has 1 aliphatic rings. The Morgan fingerprint density at radius 3 is 2.40 bits per heavy atom. The maximum Gasteiger partial charge on any atom is 1.00 e.